The second-order valence-corrected chi connectivity index (χ2v) is 5.71. The monoisotopic (exact) mass is 293 g/mol. The Hall–Kier alpha value is -1.96. The third-order valence-electron chi connectivity index (χ3n) is 3.43. The molecule has 1 aliphatic rings. The largest absolute Gasteiger partial charge is 0.355 e. The van der Waals surface area contributed by atoms with Crippen molar-refractivity contribution in [1.29, 1.82) is 0 Å². The molecule has 0 bridgehead atoms. The topological polar surface area (TPSA) is 104 Å². The highest BCUT2D eigenvalue weighted by Crippen LogP contribution is 2.32. The van der Waals surface area contributed by atoms with Crippen LogP contribution in [-0.2, 0) is 17.6 Å². The van der Waals surface area contributed by atoms with Crippen LogP contribution in [0, 0.1) is 0 Å². The van der Waals surface area contributed by atoms with Gasteiger partial charge in [0.25, 0.3) is 0 Å². The molecule has 2 aromatic heterocycles. The molecule has 2 aromatic rings. The number of hydrogen-bond acceptors (Lipinski definition) is 5. The molecule has 0 saturated carbocycles. The van der Waals surface area contributed by atoms with Crippen molar-refractivity contribution in [3.05, 3.63) is 32.4 Å². The molecule has 0 spiro atoms. The van der Waals surface area contributed by atoms with Gasteiger partial charge in [-0.2, -0.15) is 5.10 Å². The highest BCUT2D eigenvalue weighted by atomic mass is 32.1. The SMILES string of the molecule is O=C(NCCc1n[nH]c(=O)[nH]1)C1CCCc2scnc21. The summed E-state index contributed by atoms with van der Waals surface area (Å²) in [4.78, 5) is 31.2. The molecule has 0 aromatic carbocycles. The first-order valence-electron chi connectivity index (χ1n) is 6.57. The van der Waals surface area contributed by atoms with Gasteiger partial charge in [0, 0.05) is 17.8 Å². The van der Waals surface area contributed by atoms with Crippen molar-refractivity contribution in [1.82, 2.24) is 25.5 Å². The molecule has 106 valence electrons. The van der Waals surface area contributed by atoms with Crippen molar-refractivity contribution in [2.24, 2.45) is 0 Å². The van der Waals surface area contributed by atoms with Crippen LogP contribution in [0.3, 0.4) is 0 Å². The molecule has 1 amide bonds. The molecule has 3 N–H and O–H groups in total. The van der Waals surface area contributed by atoms with Gasteiger partial charge in [0.05, 0.1) is 17.1 Å². The number of thiazole rings is 1. The Morgan fingerprint density at radius 3 is 3.25 bits per heavy atom. The Kier molecular flexibility index (Phi) is 3.64. The number of aromatic amines is 2. The second-order valence-electron chi connectivity index (χ2n) is 4.77. The smallest absolute Gasteiger partial charge is 0.340 e. The fraction of sp³-hybridized carbons (Fsp3) is 0.500. The molecule has 3 rings (SSSR count). The Balaban J connectivity index is 1.57. The van der Waals surface area contributed by atoms with E-state index in [9.17, 15) is 9.59 Å². The minimum Gasteiger partial charge on any atom is -0.355 e. The quantitative estimate of drug-likeness (QED) is 0.756. The maximum Gasteiger partial charge on any atom is 0.340 e. The zero-order chi connectivity index (χ0) is 13.9. The first-order valence-corrected chi connectivity index (χ1v) is 7.45. The van der Waals surface area contributed by atoms with Crippen LogP contribution in [0.5, 0.6) is 0 Å². The lowest BCUT2D eigenvalue weighted by Gasteiger charge is -2.20. The van der Waals surface area contributed by atoms with E-state index in [4.69, 9.17) is 0 Å². The van der Waals surface area contributed by atoms with E-state index in [-0.39, 0.29) is 17.5 Å². The number of carbonyl (C=O) groups excluding carboxylic acids is 1. The van der Waals surface area contributed by atoms with Crippen molar-refractivity contribution < 1.29 is 4.79 Å². The summed E-state index contributed by atoms with van der Waals surface area (Å²) in [5.74, 6) is 0.422. The van der Waals surface area contributed by atoms with Gasteiger partial charge in [0.1, 0.15) is 5.82 Å². The maximum absolute atomic E-state index is 12.2. The van der Waals surface area contributed by atoms with E-state index in [0.717, 1.165) is 25.0 Å². The Bertz CT molecular complexity index is 659. The van der Waals surface area contributed by atoms with Crippen LogP contribution in [-0.4, -0.2) is 32.6 Å². The molecule has 1 aliphatic carbocycles. The minimum atomic E-state index is -0.328. The third kappa shape index (κ3) is 2.64. The second kappa shape index (κ2) is 5.58. The highest BCUT2D eigenvalue weighted by Gasteiger charge is 2.28. The van der Waals surface area contributed by atoms with Gasteiger partial charge in [0.2, 0.25) is 5.91 Å². The summed E-state index contributed by atoms with van der Waals surface area (Å²) in [5.41, 5.74) is 2.42. The average molecular weight is 293 g/mol. The van der Waals surface area contributed by atoms with Crippen LogP contribution >= 0.6 is 11.3 Å². The van der Waals surface area contributed by atoms with Crippen molar-refractivity contribution in [2.45, 2.75) is 31.6 Å². The molecule has 0 fully saturated rings. The molecule has 2 heterocycles. The summed E-state index contributed by atoms with van der Waals surface area (Å²) >= 11 is 1.63. The molecule has 1 unspecified atom stereocenters. The molecule has 20 heavy (non-hydrogen) atoms. The summed E-state index contributed by atoms with van der Waals surface area (Å²) in [6.45, 7) is 0.454. The van der Waals surface area contributed by atoms with Crippen LogP contribution in [0.4, 0.5) is 0 Å². The predicted molar refractivity (Wildman–Crippen MR) is 73.7 cm³/mol. The van der Waals surface area contributed by atoms with Crippen LogP contribution in [0.1, 0.15) is 35.2 Å². The van der Waals surface area contributed by atoms with Gasteiger partial charge >= 0.3 is 5.69 Å². The summed E-state index contributed by atoms with van der Waals surface area (Å²) in [5, 5.41) is 8.99. The predicted octanol–water partition coefficient (Wildman–Crippen LogP) is 0.333. The molecule has 0 saturated heterocycles. The molecule has 7 nitrogen and oxygen atoms in total. The lowest BCUT2D eigenvalue weighted by molar-refractivity contribution is -0.122. The van der Waals surface area contributed by atoms with E-state index < -0.39 is 0 Å². The fourth-order valence-electron chi connectivity index (χ4n) is 2.46. The van der Waals surface area contributed by atoms with Gasteiger partial charge < -0.3 is 5.32 Å². The number of aryl methyl sites for hydroxylation is 1. The lowest BCUT2D eigenvalue weighted by atomic mass is 9.90. The highest BCUT2D eigenvalue weighted by molar-refractivity contribution is 7.09. The van der Waals surface area contributed by atoms with Crippen LogP contribution in [0.2, 0.25) is 0 Å². The maximum atomic E-state index is 12.2. The fourth-order valence-corrected chi connectivity index (χ4v) is 3.33. The Morgan fingerprint density at radius 2 is 2.45 bits per heavy atom. The Morgan fingerprint density at radius 1 is 1.55 bits per heavy atom. The molecular formula is C12H15N5O2S. The van der Waals surface area contributed by atoms with Gasteiger partial charge in [-0.3, -0.25) is 9.78 Å². The van der Waals surface area contributed by atoms with E-state index in [1.807, 2.05) is 5.51 Å². The number of fused-ring (bicyclic) bond motifs is 1. The van der Waals surface area contributed by atoms with E-state index in [0.29, 0.717) is 18.8 Å². The summed E-state index contributed by atoms with van der Waals surface area (Å²) < 4.78 is 0. The van der Waals surface area contributed by atoms with E-state index in [1.165, 1.54) is 4.88 Å². The van der Waals surface area contributed by atoms with Crippen molar-refractivity contribution in [3.8, 4) is 0 Å². The summed E-state index contributed by atoms with van der Waals surface area (Å²) in [6.07, 6.45) is 3.40. The average Bonchev–Trinajstić information content (AvgIpc) is 3.06. The first kappa shape index (κ1) is 13.0. The third-order valence-corrected chi connectivity index (χ3v) is 4.34. The molecule has 1 atom stereocenters. The Labute approximate surface area is 118 Å². The molecule has 0 radical (unpaired) electrons. The van der Waals surface area contributed by atoms with Gasteiger partial charge in [-0.25, -0.2) is 14.9 Å². The first-order chi connectivity index (χ1) is 9.74. The van der Waals surface area contributed by atoms with Gasteiger partial charge in [-0.1, -0.05) is 0 Å². The summed E-state index contributed by atoms with van der Waals surface area (Å²) in [6, 6.07) is 0. The number of hydrogen-bond donors (Lipinski definition) is 3. The lowest BCUT2D eigenvalue weighted by Crippen LogP contribution is -2.33. The van der Waals surface area contributed by atoms with E-state index >= 15 is 0 Å². The number of aromatic nitrogens is 4. The van der Waals surface area contributed by atoms with E-state index in [2.05, 4.69) is 25.5 Å². The van der Waals surface area contributed by atoms with Gasteiger partial charge in [0.15, 0.2) is 0 Å². The standard InChI is InChI=1S/C12H15N5O2S/c18-11(13-5-4-9-15-12(19)17-16-9)7-2-1-3-8-10(7)14-6-20-8/h6-7H,1-5H2,(H,13,18)(H2,15,16,17,19). The van der Waals surface area contributed by atoms with Crippen molar-refractivity contribution >= 4 is 17.2 Å². The number of rotatable bonds is 4. The normalized spacial score (nSPS) is 17.7. The van der Waals surface area contributed by atoms with Gasteiger partial charge in [-0.15, -0.1) is 11.3 Å². The number of amides is 1. The zero-order valence-corrected chi connectivity index (χ0v) is 11.6. The molecule has 0 aliphatic heterocycles. The number of H-pyrrole nitrogens is 2. The van der Waals surface area contributed by atoms with Crippen molar-refractivity contribution in [3.63, 3.8) is 0 Å². The minimum absolute atomic E-state index is 0.00901. The van der Waals surface area contributed by atoms with Crippen LogP contribution < -0.4 is 11.0 Å². The van der Waals surface area contributed by atoms with Gasteiger partial charge in [-0.05, 0) is 19.3 Å². The summed E-state index contributed by atoms with van der Waals surface area (Å²) in [7, 11) is 0. The zero-order valence-electron chi connectivity index (χ0n) is 10.8. The number of nitrogens with one attached hydrogen (secondary N) is 3. The van der Waals surface area contributed by atoms with Crippen LogP contribution in [0.15, 0.2) is 10.3 Å². The van der Waals surface area contributed by atoms with E-state index in [1.54, 1.807) is 11.3 Å². The number of carbonyl (C=O) groups is 1. The van der Waals surface area contributed by atoms with Crippen LogP contribution in [0.25, 0.3) is 0 Å². The molecular weight excluding hydrogens is 278 g/mol. The molecule has 8 heteroatoms. The van der Waals surface area contributed by atoms with Crippen molar-refractivity contribution in [2.75, 3.05) is 6.54 Å². The number of nitrogens with zero attached hydrogens (tertiary/aromatic N) is 2.